The van der Waals surface area contributed by atoms with Gasteiger partial charge in [0.25, 0.3) is 0 Å². The first kappa shape index (κ1) is 12.7. The standard InChI is InChI=1S/C14H13ClN4O/c1-18(2)10-4-6-14(20)13(8-10)19-16-11-5-3-9(15)7-12(11)17-19/h3-8,20H,1-2H3. The summed E-state index contributed by atoms with van der Waals surface area (Å²) < 4.78 is 0. The molecule has 0 radical (unpaired) electrons. The molecule has 0 aliphatic heterocycles. The minimum Gasteiger partial charge on any atom is -0.506 e. The van der Waals surface area contributed by atoms with Crippen LogP contribution in [0.4, 0.5) is 5.69 Å². The van der Waals surface area contributed by atoms with Crippen molar-refractivity contribution in [3.63, 3.8) is 0 Å². The Morgan fingerprint density at radius 1 is 1.05 bits per heavy atom. The van der Waals surface area contributed by atoms with Crippen LogP contribution in [0.1, 0.15) is 0 Å². The highest BCUT2D eigenvalue weighted by Crippen LogP contribution is 2.26. The van der Waals surface area contributed by atoms with Gasteiger partial charge in [-0.25, -0.2) is 0 Å². The number of aromatic nitrogens is 3. The van der Waals surface area contributed by atoms with E-state index in [0.717, 1.165) is 11.2 Å². The van der Waals surface area contributed by atoms with E-state index in [-0.39, 0.29) is 5.75 Å². The van der Waals surface area contributed by atoms with Crippen LogP contribution >= 0.6 is 11.6 Å². The van der Waals surface area contributed by atoms with Crippen LogP contribution < -0.4 is 4.90 Å². The summed E-state index contributed by atoms with van der Waals surface area (Å²) in [5.41, 5.74) is 2.90. The van der Waals surface area contributed by atoms with Crippen LogP contribution in [-0.2, 0) is 0 Å². The molecule has 0 spiro atoms. The summed E-state index contributed by atoms with van der Waals surface area (Å²) in [6.45, 7) is 0. The van der Waals surface area contributed by atoms with Gasteiger partial charge in [-0.15, -0.1) is 15.0 Å². The fraction of sp³-hybridized carbons (Fsp3) is 0.143. The summed E-state index contributed by atoms with van der Waals surface area (Å²) in [6, 6.07) is 10.6. The average Bonchev–Trinajstić information content (AvgIpc) is 2.81. The topological polar surface area (TPSA) is 54.2 Å². The smallest absolute Gasteiger partial charge is 0.143 e. The second-order valence-electron chi connectivity index (χ2n) is 4.69. The van der Waals surface area contributed by atoms with Gasteiger partial charge in [0, 0.05) is 24.8 Å². The zero-order valence-electron chi connectivity index (χ0n) is 11.1. The number of phenolic OH excluding ortho intramolecular Hbond substituents is 1. The van der Waals surface area contributed by atoms with Gasteiger partial charge >= 0.3 is 0 Å². The van der Waals surface area contributed by atoms with E-state index in [0.29, 0.717) is 16.2 Å². The van der Waals surface area contributed by atoms with E-state index in [9.17, 15) is 5.11 Å². The Labute approximate surface area is 121 Å². The van der Waals surface area contributed by atoms with Gasteiger partial charge in [-0.1, -0.05) is 11.6 Å². The first-order valence-electron chi connectivity index (χ1n) is 6.08. The maximum Gasteiger partial charge on any atom is 0.143 e. The summed E-state index contributed by atoms with van der Waals surface area (Å²) in [7, 11) is 3.87. The zero-order valence-corrected chi connectivity index (χ0v) is 11.8. The van der Waals surface area contributed by atoms with Gasteiger partial charge in [0.15, 0.2) is 0 Å². The highest BCUT2D eigenvalue weighted by atomic mass is 35.5. The highest BCUT2D eigenvalue weighted by molar-refractivity contribution is 6.31. The monoisotopic (exact) mass is 288 g/mol. The maximum absolute atomic E-state index is 10.0. The highest BCUT2D eigenvalue weighted by Gasteiger charge is 2.10. The lowest BCUT2D eigenvalue weighted by Crippen LogP contribution is -2.09. The molecule has 0 saturated carbocycles. The van der Waals surface area contributed by atoms with Crippen molar-refractivity contribution in [2.45, 2.75) is 0 Å². The molecule has 20 heavy (non-hydrogen) atoms. The van der Waals surface area contributed by atoms with Crippen molar-refractivity contribution < 1.29 is 5.11 Å². The Morgan fingerprint density at radius 2 is 1.80 bits per heavy atom. The third kappa shape index (κ3) is 2.16. The molecule has 0 aliphatic rings. The Bertz CT molecular complexity index is 782. The number of benzene rings is 2. The van der Waals surface area contributed by atoms with Crippen molar-refractivity contribution in [2.24, 2.45) is 0 Å². The fourth-order valence-corrected chi connectivity index (χ4v) is 2.11. The van der Waals surface area contributed by atoms with E-state index in [4.69, 9.17) is 11.6 Å². The maximum atomic E-state index is 10.0. The summed E-state index contributed by atoms with van der Waals surface area (Å²) >= 11 is 5.94. The van der Waals surface area contributed by atoms with E-state index in [1.165, 1.54) is 4.80 Å². The fourth-order valence-electron chi connectivity index (χ4n) is 1.95. The van der Waals surface area contributed by atoms with E-state index in [1.807, 2.05) is 31.1 Å². The lowest BCUT2D eigenvalue weighted by Gasteiger charge is -2.14. The Balaban J connectivity index is 2.17. The molecule has 0 fully saturated rings. The number of aromatic hydroxyl groups is 1. The van der Waals surface area contributed by atoms with Gasteiger partial charge in [0.1, 0.15) is 22.5 Å². The number of halogens is 1. The molecule has 102 valence electrons. The quantitative estimate of drug-likeness (QED) is 0.788. The van der Waals surface area contributed by atoms with Crippen molar-refractivity contribution in [1.82, 2.24) is 15.0 Å². The Morgan fingerprint density at radius 3 is 2.55 bits per heavy atom. The van der Waals surface area contributed by atoms with E-state index in [2.05, 4.69) is 10.2 Å². The second kappa shape index (κ2) is 4.68. The minimum atomic E-state index is 0.127. The molecule has 6 heteroatoms. The molecule has 1 heterocycles. The summed E-state index contributed by atoms with van der Waals surface area (Å²) in [5, 5.41) is 19.3. The molecular weight excluding hydrogens is 276 g/mol. The van der Waals surface area contributed by atoms with Gasteiger partial charge < -0.3 is 10.0 Å². The molecule has 0 aliphatic carbocycles. The molecule has 2 aromatic carbocycles. The number of nitrogens with zero attached hydrogens (tertiary/aromatic N) is 4. The van der Waals surface area contributed by atoms with Gasteiger partial charge in [0.05, 0.1) is 0 Å². The lowest BCUT2D eigenvalue weighted by molar-refractivity contribution is 0.468. The number of hydrogen-bond acceptors (Lipinski definition) is 4. The van der Waals surface area contributed by atoms with Crippen molar-refractivity contribution >= 4 is 28.3 Å². The predicted molar refractivity (Wildman–Crippen MR) is 79.9 cm³/mol. The van der Waals surface area contributed by atoms with Crippen LogP contribution in [0.25, 0.3) is 16.7 Å². The Hall–Kier alpha value is -2.27. The van der Waals surface area contributed by atoms with Gasteiger partial charge in [-0.2, -0.15) is 0 Å². The third-order valence-corrected chi connectivity index (χ3v) is 3.27. The molecular formula is C14H13ClN4O. The van der Waals surface area contributed by atoms with Crippen molar-refractivity contribution in [1.29, 1.82) is 0 Å². The molecule has 3 aromatic rings. The molecule has 0 atom stereocenters. The zero-order chi connectivity index (χ0) is 14.3. The van der Waals surface area contributed by atoms with Crippen molar-refractivity contribution in [3.8, 4) is 11.4 Å². The SMILES string of the molecule is CN(C)c1ccc(O)c(-n2nc3ccc(Cl)cc3n2)c1. The Kier molecular flexibility index (Phi) is 2.99. The summed E-state index contributed by atoms with van der Waals surface area (Å²) in [6.07, 6.45) is 0. The third-order valence-electron chi connectivity index (χ3n) is 3.03. The minimum absolute atomic E-state index is 0.127. The van der Waals surface area contributed by atoms with E-state index >= 15 is 0 Å². The molecule has 0 bridgehead atoms. The predicted octanol–water partition coefficient (Wildman–Crippen LogP) is 2.85. The number of fused-ring (bicyclic) bond motifs is 1. The largest absolute Gasteiger partial charge is 0.506 e. The lowest BCUT2D eigenvalue weighted by atomic mass is 10.2. The first-order chi connectivity index (χ1) is 9.54. The van der Waals surface area contributed by atoms with Crippen LogP contribution in [0.15, 0.2) is 36.4 Å². The molecule has 3 rings (SSSR count). The molecule has 1 aromatic heterocycles. The number of hydrogen-bond donors (Lipinski definition) is 1. The molecule has 1 N–H and O–H groups in total. The van der Waals surface area contributed by atoms with Gasteiger partial charge in [-0.05, 0) is 36.4 Å². The summed E-state index contributed by atoms with van der Waals surface area (Å²) in [5.74, 6) is 0.127. The molecule has 5 nitrogen and oxygen atoms in total. The molecule has 0 saturated heterocycles. The molecule has 0 amide bonds. The van der Waals surface area contributed by atoms with Crippen LogP contribution in [0.5, 0.6) is 5.75 Å². The van der Waals surface area contributed by atoms with E-state index < -0.39 is 0 Å². The van der Waals surface area contributed by atoms with Crippen LogP contribution in [-0.4, -0.2) is 34.2 Å². The molecule has 0 unspecified atom stereocenters. The van der Waals surface area contributed by atoms with Crippen LogP contribution in [0.2, 0.25) is 5.02 Å². The van der Waals surface area contributed by atoms with Gasteiger partial charge in [-0.3, -0.25) is 0 Å². The van der Waals surface area contributed by atoms with Crippen molar-refractivity contribution in [3.05, 3.63) is 41.4 Å². The average molecular weight is 289 g/mol. The van der Waals surface area contributed by atoms with E-state index in [1.54, 1.807) is 24.3 Å². The van der Waals surface area contributed by atoms with Gasteiger partial charge in [0.2, 0.25) is 0 Å². The second-order valence-corrected chi connectivity index (χ2v) is 5.13. The van der Waals surface area contributed by atoms with Crippen LogP contribution in [0, 0.1) is 0 Å². The van der Waals surface area contributed by atoms with Crippen molar-refractivity contribution in [2.75, 3.05) is 19.0 Å². The number of phenols is 1. The normalized spacial score (nSPS) is 10.9. The van der Waals surface area contributed by atoms with Crippen LogP contribution in [0.3, 0.4) is 0 Å². The summed E-state index contributed by atoms with van der Waals surface area (Å²) in [4.78, 5) is 3.37. The number of anilines is 1. The number of rotatable bonds is 2. The first-order valence-corrected chi connectivity index (χ1v) is 6.46.